The van der Waals surface area contributed by atoms with Crippen molar-refractivity contribution in [3.8, 4) is 0 Å². The summed E-state index contributed by atoms with van der Waals surface area (Å²) in [6, 6.07) is 0. The number of aromatic nitrogens is 2. The van der Waals surface area contributed by atoms with Crippen molar-refractivity contribution in [2.45, 2.75) is 33.1 Å². The Morgan fingerprint density at radius 3 is 2.73 bits per heavy atom. The van der Waals surface area contributed by atoms with E-state index in [9.17, 15) is 4.48 Å². The fourth-order valence-electron chi connectivity index (χ4n) is 0.991. The third-order valence-corrected chi connectivity index (χ3v) is 1.86. The van der Waals surface area contributed by atoms with E-state index in [1.165, 1.54) is 6.20 Å². The van der Waals surface area contributed by atoms with Gasteiger partial charge in [-0.1, -0.05) is 18.3 Å². The number of rotatable bonds is 2. The van der Waals surface area contributed by atoms with Crippen molar-refractivity contribution in [1.29, 1.82) is 0 Å². The zero-order valence-electron chi connectivity index (χ0n) is 7.13. The molecular formula is C8H13FN2. The van der Waals surface area contributed by atoms with Crippen LogP contribution >= 0.6 is 0 Å². The van der Waals surface area contributed by atoms with Crippen molar-refractivity contribution in [2.75, 3.05) is 0 Å². The minimum absolute atomic E-state index is 0.202. The van der Waals surface area contributed by atoms with Crippen LogP contribution < -0.4 is 0 Å². The van der Waals surface area contributed by atoms with E-state index in [4.69, 9.17) is 0 Å². The van der Waals surface area contributed by atoms with E-state index in [0.29, 0.717) is 10.6 Å². The van der Waals surface area contributed by atoms with E-state index >= 15 is 0 Å². The van der Waals surface area contributed by atoms with Crippen LogP contribution in [-0.4, -0.2) is 9.77 Å². The average molecular weight is 156 g/mol. The molecule has 1 aromatic heterocycles. The minimum Gasteiger partial charge on any atom is -0.236 e. The summed E-state index contributed by atoms with van der Waals surface area (Å²) < 4.78 is 12.9. The maximum Gasteiger partial charge on any atom is 0.142 e. The summed E-state index contributed by atoms with van der Waals surface area (Å²) in [5.41, 5.74) is 0.739. The van der Waals surface area contributed by atoms with E-state index in [-0.39, 0.29) is 5.92 Å². The lowest BCUT2D eigenvalue weighted by atomic mass is 10.1. The standard InChI is InChI=1S/C8H13FN2/c1-4-6(2)8-10-7(3)5-11(8)9/h5-6H,4H2,1-3H3. The Bertz CT molecular complexity index is 242. The fraction of sp³-hybridized carbons (Fsp3) is 0.625. The molecule has 0 aliphatic carbocycles. The van der Waals surface area contributed by atoms with Crippen molar-refractivity contribution in [3.63, 3.8) is 0 Å². The van der Waals surface area contributed by atoms with Gasteiger partial charge in [0, 0.05) is 5.92 Å². The molecule has 0 bridgehead atoms. The summed E-state index contributed by atoms with van der Waals surface area (Å²) in [6.07, 6.45) is 2.32. The Balaban J connectivity index is 2.93. The van der Waals surface area contributed by atoms with Crippen LogP contribution in [0.25, 0.3) is 0 Å². The molecule has 1 atom stereocenters. The van der Waals surface area contributed by atoms with Crippen LogP contribution in [0.5, 0.6) is 0 Å². The molecule has 0 saturated carbocycles. The molecule has 0 fully saturated rings. The highest BCUT2D eigenvalue weighted by atomic mass is 19.2. The minimum atomic E-state index is 0.202. The van der Waals surface area contributed by atoms with Crippen LogP contribution in [0, 0.1) is 6.92 Å². The van der Waals surface area contributed by atoms with E-state index in [1.807, 2.05) is 13.8 Å². The Kier molecular flexibility index (Phi) is 2.27. The first-order valence-corrected chi connectivity index (χ1v) is 3.87. The summed E-state index contributed by atoms with van der Waals surface area (Å²) >= 11 is 0. The molecule has 1 heterocycles. The molecule has 2 nitrogen and oxygen atoms in total. The Morgan fingerprint density at radius 2 is 2.36 bits per heavy atom. The lowest BCUT2D eigenvalue weighted by molar-refractivity contribution is 0.340. The van der Waals surface area contributed by atoms with Crippen molar-refractivity contribution < 1.29 is 4.48 Å². The first-order chi connectivity index (χ1) is 5.15. The zero-order chi connectivity index (χ0) is 8.43. The first-order valence-electron chi connectivity index (χ1n) is 3.87. The molecule has 11 heavy (non-hydrogen) atoms. The molecule has 1 rings (SSSR count). The first kappa shape index (κ1) is 8.24. The lowest BCUT2D eigenvalue weighted by Gasteiger charge is -2.04. The second kappa shape index (κ2) is 3.03. The predicted molar refractivity (Wildman–Crippen MR) is 42.2 cm³/mol. The highest BCUT2D eigenvalue weighted by Crippen LogP contribution is 2.17. The number of hydrogen-bond donors (Lipinski definition) is 0. The molecule has 0 aliphatic heterocycles. The molecule has 0 radical (unpaired) electrons. The average Bonchev–Trinajstić information content (AvgIpc) is 2.28. The maximum absolute atomic E-state index is 12.9. The smallest absolute Gasteiger partial charge is 0.142 e. The number of nitrogens with zero attached hydrogens (tertiary/aromatic N) is 2. The van der Waals surface area contributed by atoms with Crippen molar-refractivity contribution >= 4 is 0 Å². The van der Waals surface area contributed by atoms with Gasteiger partial charge in [-0.2, -0.15) is 4.79 Å². The second-order valence-corrected chi connectivity index (χ2v) is 2.86. The molecule has 0 N–H and O–H groups in total. The van der Waals surface area contributed by atoms with Gasteiger partial charge in [-0.05, 0) is 13.3 Å². The van der Waals surface area contributed by atoms with Gasteiger partial charge in [0.2, 0.25) is 0 Å². The monoisotopic (exact) mass is 156 g/mol. The van der Waals surface area contributed by atoms with E-state index < -0.39 is 0 Å². The molecule has 3 heteroatoms. The fourth-order valence-corrected chi connectivity index (χ4v) is 0.991. The largest absolute Gasteiger partial charge is 0.236 e. The van der Waals surface area contributed by atoms with Gasteiger partial charge in [-0.15, -0.1) is 0 Å². The maximum atomic E-state index is 12.9. The molecule has 0 aromatic carbocycles. The van der Waals surface area contributed by atoms with Gasteiger partial charge in [0.25, 0.3) is 0 Å². The molecule has 0 spiro atoms. The molecule has 0 saturated heterocycles. The molecule has 0 aliphatic rings. The van der Waals surface area contributed by atoms with Gasteiger partial charge < -0.3 is 0 Å². The highest BCUT2D eigenvalue weighted by Gasteiger charge is 2.10. The number of halogens is 1. The van der Waals surface area contributed by atoms with E-state index in [2.05, 4.69) is 4.98 Å². The predicted octanol–water partition coefficient (Wildman–Crippen LogP) is 2.44. The molecule has 1 aromatic rings. The second-order valence-electron chi connectivity index (χ2n) is 2.86. The molecule has 0 amide bonds. The van der Waals surface area contributed by atoms with Crippen molar-refractivity contribution in [1.82, 2.24) is 9.77 Å². The summed E-state index contributed by atoms with van der Waals surface area (Å²) in [7, 11) is 0. The van der Waals surface area contributed by atoms with Crippen LogP contribution in [0.3, 0.4) is 0 Å². The van der Waals surface area contributed by atoms with Crippen LogP contribution in [0.1, 0.15) is 37.7 Å². The van der Waals surface area contributed by atoms with Gasteiger partial charge in [0.05, 0.1) is 11.9 Å². The van der Waals surface area contributed by atoms with Crippen molar-refractivity contribution in [2.24, 2.45) is 0 Å². The van der Waals surface area contributed by atoms with Gasteiger partial charge in [-0.3, -0.25) is 0 Å². The topological polar surface area (TPSA) is 17.8 Å². The molecule has 62 valence electrons. The van der Waals surface area contributed by atoms with E-state index in [0.717, 1.165) is 12.1 Å². The van der Waals surface area contributed by atoms with Gasteiger partial charge in [0.15, 0.2) is 0 Å². The highest BCUT2D eigenvalue weighted by molar-refractivity contribution is 5.04. The Morgan fingerprint density at radius 1 is 1.73 bits per heavy atom. The third-order valence-electron chi connectivity index (χ3n) is 1.86. The SMILES string of the molecule is CCC(C)c1nc(C)cn1F. The van der Waals surface area contributed by atoms with Crippen LogP contribution in [0.15, 0.2) is 6.20 Å². The summed E-state index contributed by atoms with van der Waals surface area (Å²) in [5.74, 6) is 0.735. The lowest BCUT2D eigenvalue weighted by Crippen LogP contribution is -1.98. The van der Waals surface area contributed by atoms with Crippen LogP contribution in [0.2, 0.25) is 0 Å². The summed E-state index contributed by atoms with van der Waals surface area (Å²) in [5, 5.41) is 0. The van der Waals surface area contributed by atoms with Gasteiger partial charge in [-0.25, -0.2) is 4.98 Å². The van der Waals surface area contributed by atoms with Gasteiger partial charge in [0.1, 0.15) is 5.82 Å². The van der Waals surface area contributed by atoms with Crippen molar-refractivity contribution in [3.05, 3.63) is 17.7 Å². The van der Waals surface area contributed by atoms with Crippen LogP contribution in [-0.2, 0) is 0 Å². The zero-order valence-corrected chi connectivity index (χ0v) is 7.13. The summed E-state index contributed by atoms with van der Waals surface area (Å²) in [4.78, 5) is 4.68. The van der Waals surface area contributed by atoms with E-state index in [1.54, 1.807) is 6.92 Å². The van der Waals surface area contributed by atoms with Crippen LogP contribution in [0.4, 0.5) is 4.48 Å². The molecule has 1 unspecified atom stereocenters. The quantitative estimate of drug-likeness (QED) is 0.643. The summed E-state index contributed by atoms with van der Waals surface area (Å²) in [6.45, 7) is 5.79. The number of hydrogen-bond acceptors (Lipinski definition) is 1. The normalized spacial score (nSPS) is 13.5. The number of aryl methyl sites for hydroxylation is 1. The molecular weight excluding hydrogens is 143 g/mol. The number of imidazole rings is 1. The third kappa shape index (κ3) is 1.59. The Labute approximate surface area is 66.0 Å². The Hall–Kier alpha value is -0.860. The van der Waals surface area contributed by atoms with Gasteiger partial charge >= 0.3 is 0 Å².